The van der Waals surface area contributed by atoms with E-state index in [1.165, 1.54) is 0 Å². The standard InChI is InChI=1S/C21H20N3O4P/c1-17(23-25)21(18-11-5-2-6-12-18)22-24-29(26,27-19-13-7-3-8-14-19)28-20-15-9-4-10-16-20/h2-16,25H,1H3,(H,24,26)/b22-21-,23-17+. The molecule has 0 radical (unpaired) electrons. The van der Waals surface area contributed by atoms with Crippen LogP contribution in [0.15, 0.2) is 101 Å². The van der Waals surface area contributed by atoms with Gasteiger partial charge in [0.2, 0.25) is 0 Å². The van der Waals surface area contributed by atoms with Crippen LogP contribution in [-0.4, -0.2) is 16.6 Å². The van der Waals surface area contributed by atoms with Gasteiger partial charge in [-0.15, -0.1) is 0 Å². The number of nitrogens with one attached hydrogen (secondary N) is 1. The second-order valence-corrected chi connectivity index (χ2v) is 7.48. The highest BCUT2D eigenvalue weighted by molar-refractivity contribution is 7.52. The Hall–Kier alpha value is -3.57. The minimum atomic E-state index is -3.96. The fourth-order valence-corrected chi connectivity index (χ4v) is 3.55. The molecule has 0 saturated carbocycles. The van der Waals surface area contributed by atoms with E-state index in [1.54, 1.807) is 67.6 Å². The van der Waals surface area contributed by atoms with Crippen LogP contribution >= 0.6 is 7.75 Å². The average molecular weight is 409 g/mol. The maximum atomic E-state index is 13.4. The second kappa shape index (κ2) is 9.57. The molecule has 0 aliphatic heterocycles. The lowest BCUT2D eigenvalue weighted by molar-refractivity contribution is 0.320. The zero-order chi connectivity index (χ0) is 20.5. The van der Waals surface area contributed by atoms with E-state index in [9.17, 15) is 9.77 Å². The van der Waals surface area contributed by atoms with Gasteiger partial charge in [0.15, 0.2) is 0 Å². The number of hydrogen-bond acceptors (Lipinski definition) is 6. The summed E-state index contributed by atoms with van der Waals surface area (Å²) in [5, 5.41) is 19.1. The fraction of sp³-hybridized carbons (Fsp3) is 0.0476. The third-order valence-corrected chi connectivity index (χ3v) is 5.01. The summed E-state index contributed by atoms with van der Waals surface area (Å²) in [5.41, 5.74) is 1.19. The second-order valence-electron chi connectivity index (χ2n) is 5.92. The molecule has 0 heterocycles. The molecule has 0 atom stereocenters. The quantitative estimate of drug-likeness (QED) is 0.234. The summed E-state index contributed by atoms with van der Waals surface area (Å²) in [7, 11) is -3.96. The zero-order valence-electron chi connectivity index (χ0n) is 15.7. The molecule has 0 fully saturated rings. The first-order valence-corrected chi connectivity index (χ1v) is 10.3. The topological polar surface area (TPSA) is 92.5 Å². The molecule has 3 rings (SSSR count). The normalized spacial score (nSPS) is 12.3. The Morgan fingerprint density at radius 3 is 1.72 bits per heavy atom. The van der Waals surface area contributed by atoms with Crippen LogP contribution in [0.3, 0.4) is 0 Å². The lowest BCUT2D eigenvalue weighted by atomic mass is 10.1. The number of oxime groups is 1. The fourth-order valence-electron chi connectivity index (χ4n) is 2.41. The smallest absolute Gasteiger partial charge is 0.411 e. The number of rotatable bonds is 8. The predicted molar refractivity (Wildman–Crippen MR) is 113 cm³/mol. The molecule has 0 bridgehead atoms. The van der Waals surface area contributed by atoms with Crippen molar-refractivity contribution in [3.63, 3.8) is 0 Å². The van der Waals surface area contributed by atoms with Gasteiger partial charge in [-0.25, -0.2) is 4.57 Å². The van der Waals surface area contributed by atoms with E-state index < -0.39 is 7.75 Å². The maximum Gasteiger partial charge on any atom is 0.557 e. The third-order valence-electron chi connectivity index (χ3n) is 3.76. The van der Waals surface area contributed by atoms with Crippen LogP contribution in [0.25, 0.3) is 0 Å². The van der Waals surface area contributed by atoms with Crippen LogP contribution in [0.2, 0.25) is 0 Å². The summed E-state index contributed by atoms with van der Waals surface area (Å²) in [6.07, 6.45) is 0. The molecule has 29 heavy (non-hydrogen) atoms. The van der Waals surface area contributed by atoms with Gasteiger partial charge in [-0.2, -0.15) is 10.3 Å². The predicted octanol–water partition coefficient (Wildman–Crippen LogP) is 5.10. The Morgan fingerprint density at radius 1 is 0.828 bits per heavy atom. The van der Waals surface area contributed by atoms with Crippen molar-refractivity contribution in [2.24, 2.45) is 10.3 Å². The molecule has 148 valence electrons. The van der Waals surface area contributed by atoms with Crippen molar-refractivity contribution in [3.05, 3.63) is 96.6 Å². The van der Waals surface area contributed by atoms with Gasteiger partial charge in [0.1, 0.15) is 22.9 Å². The molecule has 8 heteroatoms. The monoisotopic (exact) mass is 409 g/mol. The summed E-state index contributed by atoms with van der Waals surface area (Å²) < 4.78 is 24.7. The Balaban J connectivity index is 1.94. The van der Waals surface area contributed by atoms with Gasteiger partial charge in [-0.1, -0.05) is 71.9 Å². The molecular formula is C21H20N3O4P. The highest BCUT2D eigenvalue weighted by Crippen LogP contribution is 2.44. The summed E-state index contributed by atoms with van der Waals surface area (Å²) in [4.78, 5) is 0. The van der Waals surface area contributed by atoms with Gasteiger partial charge < -0.3 is 14.3 Å². The molecule has 0 spiro atoms. The van der Waals surface area contributed by atoms with Crippen molar-refractivity contribution >= 4 is 19.2 Å². The molecule has 3 aromatic rings. The van der Waals surface area contributed by atoms with E-state index in [0.29, 0.717) is 22.8 Å². The molecule has 0 aromatic heterocycles. The Morgan fingerprint density at radius 2 is 1.28 bits per heavy atom. The van der Waals surface area contributed by atoms with Crippen LogP contribution in [0.5, 0.6) is 11.5 Å². The van der Waals surface area contributed by atoms with Crippen molar-refractivity contribution in [2.45, 2.75) is 6.92 Å². The van der Waals surface area contributed by atoms with Crippen molar-refractivity contribution in [3.8, 4) is 11.5 Å². The third kappa shape index (κ3) is 5.70. The summed E-state index contributed by atoms with van der Waals surface area (Å²) >= 11 is 0. The average Bonchev–Trinajstić information content (AvgIpc) is 2.75. The Bertz CT molecular complexity index is 980. The molecule has 7 nitrogen and oxygen atoms in total. The van der Waals surface area contributed by atoms with Gasteiger partial charge in [0.25, 0.3) is 0 Å². The van der Waals surface area contributed by atoms with E-state index in [4.69, 9.17) is 9.05 Å². The van der Waals surface area contributed by atoms with Gasteiger partial charge in [0.05, 0.1) is 0 Å². The van der Waals surface area contributed by atoms with E-state index >= 15 is 0 Å². The first kappa shape index (κ1) is 20.2. The largest absolute Gasteiger partial charge is 0.557 e. The molecule has 3 aromatic carbocycles. The summed E-state index contributed by atoms with van der Waals surface area (Å²) in [5.74, 6) is 0.701. The highest BCUT2D eigenvalue weighted by Gasteiger charge is 2.29. The van der Waals surface area contributed by atoms with E-state index in [0.717, 1.165) is 0 Å². The lowest BCUT2D eigenvalue weighted by Crippen LogP contribution is -2.20. The number of para-hydroxylation sites is 2. The number of hydrazone groups is 1. The molecule has 0 aliphatic rings. The lowest BCUT2D eigenvalue weighted by Gasteiger charge is -2.19. The van der Waals surface area contributed by atoms with Crippen molar-refractivity contribution in [1.29, 1.82) is 0 Å². The van der Waals surface area contributed by atoms with Gasteiger partial charge in [-0.05, 0) is 31.2 Å². The van der Waals surface area contributed by atoms with Crippen LogP contribution in [0, 0.1) is 0 Å². The van der Waals surface area contributed by atoms with Gasteiger partial charge in [0, 0.05) is 5.56 Å². The Kier molecular flexibility index (Phi) is 6.66. The van der Waals surface area contributed by atoms with Crippen LogP contribution in [0.4, 0.5) is 0 Å². The summed E-state index contributed by atoms with van der Waals surface area (Å²) in [6.45, 7) is 1.58. The van der Waals surface area contributed by atoms with E-state index in [-0.39, 0.29) is 5.71 Å². The SMILES string of the molecule is CC(=N\O)/C(=N/NP(=O)(Oc1ccccc1)Oc1ccccc1)c1ccccc1. The van der Waals surface area contributed by atoms with Crippen LogP contribution in [0.1, 0.15) is 12.5 Å². The molecule has 0 unspecified atom stereocenters. The minimum absolute atomic E-state index is 0.231. The number of nitrogens with zero attached hydrogens (tertiary/aromatic N) is 2. The minimum Gasteiger partial charge on any atom is -0.411 e. The zero-order valence-corrected chi connectivity index (χ0v) is 16.6. The molecular weight excluding hydrogens is 389 g/mol. The highest BCUT2D eigenvalue weighted by atomic mass is 31.2. The molecule has 2 N–H and O–H groups in total. The maximum absolute atomic E-state index is 13.4. The van der Waals surface area contributed by atoms with E-state index in [1.807, 2.05) is 30.3 Å². The first-order valence-electron chi connectivity index (χ1n) is 8.78. The van der Waals surface area contributed by atoms with Gasteiger partial charge >= 0.3 is 7.75 Å². The van der Waals surface area contributed by atoms with Crippen molar-refractivity contribution in [1.82, 2.24) is 5.20 Å². The van der Waals surface area contributed by atoms with Crippen LogP contribution in [-0.2, 0) is 4.57 Å². The van der Waals surface area contributed by atoms with Crippen molar-refractivity contribution in [2.75, 3.05) is 0 Å². The molecule has 0 aliphatic carbocycles. The van der Waals surface area contributed by atoms with E-state index in [2.05, 4.69) is 15.5 Å². The van der Waals surface area contributed by atoms with Crippen molar-refractivity contribution < 1.29 is 18.8 Å². The van der Waals surface area contributed by atoms with Crippen LogP contribution < -0.4 is 14.2 Å². The first-order chi connectivity index (χ1) is 14.1. The van der Waals surface area contributed by atoms with Gasteiger partial charge in [-0.3, -0.25) is 0 Å². The Labute approximate surface area is 168 Å². The summed E-state index contributed by atoms with van der Waals surface area (Å²) in [6, 6.07) is 26.3. The number of benzene rings is 3. The number of hydrogen-bond donors (Lipinski definition) is 2. The molecule has 0 saturated heterocycles. The molecule has 0 amide bonds.